The fourth-order valence-corrected chi connectivity index (χ4v) is 3.19. The molecule has 1 aliphatic rings. The molecule has 5 heteroatoms. The number of benzene rings is 1. The lowest BCUT2D eigenvalue weighted by atomic mass is 9.84. The minimum Gasteiger partial charge on any atom is -0.478 e. The summed E-state index contributed by atoms with van der Waals surface area (Å²) in [5, 5.41) is 17.4. The average Bonchev–Trinajstić information content (AvgIpc) is 2.90. The minimum atomic E-state index is -0.929. The predicted octanol–water partition coefficient (Wildman–Crippen LogP) is 3.27. The van der Waals surface area contributed by atoms with Gasteiger partial charge in [0.1, 0.15) is 5.52 Å². The van der Waals surface area contributed by atoms with Gasteiger partial charge in [-0.2, -0.15) is 0 Å². The van der Waals surface area contributed by atoms with Crippen LogP contribution in [0, 0.1) is 5.92 Å². The molecule has 1 atom stereocenters. The molecule has 1 aliphatic carbocycles. The zero-order chi connectivity index (χ0) is 14.1. The highest BCUT2D eigenvalue weighted by Crippen LogP contribution is 2.33. The second kappa shape index (κ2) is 5.23. The van der Waals surface area contributed by atoms with Crippen molar-refractivity contribution < 1.29 is 9.90 Å². The van der Waals surface area contributed by atoms with Crippen LogP contribution in [-0.4, -0.2) is 26.1 Å². The fourth-order valence-electron chi connectivity index (χ4n) is 3.19. The molecular weight excluding hydrogens is 254 g/mol. The van der Waals surface area contributed by atoms with Crippen molar-refractivity contribution in [2.24, 2.45) is 5.92 Å². The molecule has 0 amide bonds. The van der Waals surface area contributed by atoms with E-state index in [2.05, 4.69) is 17.2 Å². The Morgan fingerprint density at radius 3 is 2.80 bits per heavy atom. The number of rotatable bonds is 3. The molecule has 1 aromatic carbocycles. The summed E-state index contributed by atoms with van der Waals surface area (Å²) in [5.74, 6) is -0.283. The minimum absolute atomic E-state index is 0.259. The van der Waals surface area contributed by atoms with E-state index in [9.17, 15) is 4.79 Å². The van der Waals surface area contributed by atoms with Crippen molar-refractivity contribution in [1.29, 1.82) is 0 Å². The lowest BCUT2D eigenvalue weighted by Crippen LogP contribution is -2.20. The molecule has 1 fully saturated rings. The van der Waals surface area contributed by atoms with Crippen LogP contribution in [0.1, 0.15) is 55.4 Å². The van der Waals surface area contributed by atoms with Crippen molar-refractivity contribution in [3.8, 4) is 0 Å². The number of carbonyl (C=O) groups is 1. The van der Waals surface area contributed by atoms with Gasteiger partial charge in [-0.15, -0.1) is 5.10 Å². The first-order valence-corrected chi connectivity index (χ1v) is 7.25. The van der Waals surface area contributed by atoms with E-state index in [0.717, 1.165) is 5.52 Å². The van der Waals surface area contributed by atoms with E-state index in [-0.39, 0.29) is 5.56 Å². The molecule has 20 heavy (non-hydrogen) atoms. The van der Waals surface area contributed by atoms with E-state index >= 15 is 0 Å². The standard InChI is InChI=1S/C15H19N3O2/c1-10(11-5-3-2-4-6-11)18-14-8-7-12(15(19)20)9-13(14)16-17-18/h7-11H,2-6H2,1H3,(H,19,20). The Bertz CT molecular complexity index is 629. The van der Waals surface area contributed by atoms with Crippen molar-refractivity contribution in [2.45, 2.75) is 45.1 Å². The number of aromatic nitrogens is 3. The zero-order valence-electron chi connectivity index (χ0n) is 11.6. The number of fused-ring (bicyclic) bond motifs is 1. The first-order chi connectivity index (χ1) is 9.66. The van der Waals surface area contributed by atoms with Crippen LogP contribution in [0.4, 0.5) is 0 Å². The van der Waals surface area contributed by atoms with Crippen molar-refractivity contribution >= 4 is 17.0 Å². The lowest BCUT2D eigenvalue weighted by molar-refractivity contribution is 0.0697. The zero-order valence-corrected chi connectivity index (χ0v) is 11.6. The van der Waals surface area contributed by atoms with Gasteiger partial charge in [-0.3, -0.25) is 0 Å². The molecular formula is C15H19N3O2. The van der Waals surface area contributed by atoms with Gasteiger partial charge in [0.05, 0.1) is 17.1 Å². The monoisotopic (exact) mass is 273 g/mol. The van der Waals surface area contributed by atoms with E-state index < -0.39 is 5.97 Å². The van der Waals surface area contributed by atoms with Gasteiger partial charge in [0.2, 0.25) is 0 Å². The molecule has 0 aliphatic heterocycles. The van der Waals surface area contributed by atoms with Crippen LogP contribution in [0.2, 0.25) is 0 Å². The normalized spacial score (nSPS) is 18.2. The molecule has 1 unspecified atom stereocenters. The molecule has 1 N–H and O–H groups in total. The number of carboxylic acid groups (broad SMARTS) is 1. The van der Waals surface area contributed by atoms with E-state index in [1.807, 2.05) is 10.7 Å². The summed E-state index contributed by atoms with van der Waals surface area (Å²) in [6, 6.07) is 5.35. The molecule has 0 bridgehead atoms. The third kappa shape index (κ3) is 2.28. The van der Waals surface area contributed by atoms with Crippen molar-refractivity contribution in [2.75, 3.05) is 0 Å². The van der Waals surface area contributed by atoms with Crippen molar-refractivity contribution in [3.63, 3.8) is 0 Å². The molecule has 0 radical (unpaired) electrons. The Morgan fingerprint density at radius 2 is 2.10 bits per heavy atom. The highest BCUT2D eigenvalue weighted by Gasteiger charge is 2.23. The van der Waals surface area contributed by atoms with Crippen LogP contribution in [0.25, 0.3) is 11.0 Å². The van der Waals surface area contributed by atoms with Crippen LogP contribution in [-0.2, 0) is 0 Å². The van der Waals surface area contributed by atoms with E-state index in [1.165, 1.54) is 32.1 Å². The van der Waals surface area contributed by atoms with Gasteiger partial charge in [-0.05, 0) is 43.9 Å². The second-order valence-electron chi connectivity index (χ2n) is 5.68. The SMILES string of the molecule is CC(C1CCCCC1)n1nnc2cc(C(=O)O)ccc21. The van der Waals surface area contributed by atoms with Gasteiger partial charge in [-0.1, -0.05) is 24.5 Å². The van der Waals surface area contributed by atoms with Crippen molar-refractivity contribution in [1.82, 2.24) is 15.0 Å². The van der Waals surface area contributed by atoms with Crippen molar-refractivity contribution in [3.05, 3.63) is 23.8 Å². The highest BCUT2D eigenvalue weighted by atomic mass is 16.4. The van der Waals surface area contributed by atoms with Crippen LogP contribution < -0.4 is 0 Å². The van der Waals surface area contributed by atoms with Crippen LogP contribution in [0.3, 0.4) is 0 Å². The maximum Gasteiger partial charge on any atom is 0.335 e. The summed E-state index contributed by atoms with van der Waals surface area (Å²) in [4.78, 5) is 11.0. The van der Waals surface area contributed by atoms with Gasteiger partial charge in [0, 0.05) is 0 Å². The summed E-state index contributed by atoms with van der Waals surface area (Å²) in [6.07, 6.45) is 6.42. The van der Waals surface area contributed by atoms with Crippen LogP contribution in [0.5, 0.6) is 0 Å². The Labute approximate surface area is 117 Å². The third-order valence-electron chi connectivity index (χ3n) is 4.44. The number of hydrogen-bond acceptors (Lipinski definition) is 3. The van der Waals surface area contributed by atoms with E-state index in [1.54, 1.807) is 12.1 Å². The molecule has 5 nitrogen and oxygen atoms in total. The summed E-state index contributed by atoms with van der Waals surface area (Å²) in [7, 11) is 0. The molecule has 2 aromatic rings. The topological polar surface area (TPSA) is 68.0 Å². The number of carboxylic acids is 1. The lowest BCUT2D eigenvalue weighted by Gasteiger charge is -2.27. The Hall–Kier alpha value is -1.91. The summed E-state index contributed by atoms with van der Waals surface area (Å²) in [5.41, 5.74) is 1.84. The molecule has 1 saturated carbocycles. The molecule has 0 saturated heterocycles. The van der Waals surface area contributed by atoms with Gasteiger partial charge >= 0.3 is 5.97 Å². The first-order valence-electron chi connectivity index (χ1n) is 7.25. The largest absolute Gasteiger partial charge is 0.478 e. The van der Waals surface area contributed by atoms with Crippen LogP contribution in [0.15, 0.2) is 18.2 Å². The molecule has 106 valence electrons. The third-order valence-corrected chi connectivity index (χ3v) is 4.44. The predicted molar refractivity (Wildman–Crippen MR) is 75.8 cm³/mol. The van der Waals surface area contributed by atoms with Gasteiger partial charge in [0.25, 0.3) is 0 Å². The summed E-state index contributed by atoms with van der Waals surface area (Å²) >= 11 is 0. The van der Waals surface area contributed by atoms with Gasteiger partial charge in [0.15, 0.2) is 0 Å². The van der Waals surface area contributed by atoms with E-state index in [4.69, 9.17) is 5.11 Å². The smallest absolute Gasteiger partial charge is 0.335 e. The average molecular weight is 273 g/mol. The maximum atomic E-state index is 11.0. The molecule has 1 heterocycles. The molecule has 1 aromatic heterocycles. The molecule has 3 rings (SSSR count). The summed E-state index contributed by atoms with van der Waals surface area (Å²) in [6.45, 7) is 2.19. The fraction of sp³-hybridized carbons (Fsp3) is 0.533. The van der Waals surface area contributed by atoms with E-state index in [0.29, 0.717) is 17.5 Å². The molecule has 0 spiro atoms. The second-order valence-corrected chi connectivity index (χ2v) is 5.68. The van der Waals surface area contributed by atoms with Gasteiger partial charge in [-0.25, -0.2) is 9.48 Å². The number of nitrogens with zero attached hydrogens (tertiary/aromatic N) is 3. The van der Waals surface area contributed by atoms with Gasteiger partial charge < -0.3 is 5.11 Å². The number of aromatic carboxylic acids is 1. The Balaban J connectivity index is 1.93. The summed E-state index contributed by atoms with van der Waals surface area (Å²) < 4.78 is 1.96. The Kier molecular flexibility index (Phi) is 3.42. The maximum absolute atomic E-state index is 11.0. The first kappa shape index (κ1) is 13.1. The Morgan fingerprint density at radius 1 is 1.35 bits per heavy atom. The quantitative estimate of drug-likeness (QED) is 0.931. The number of hydrogen-bond donors (Lipinski definition) is 1. The van der Waals surface area contributed by atoms with Crippen LogP contribution >= 0.6 is 0 Å². The highest BCUT2D eigenvalue weighted by molar-refractivity contribution is 5.92.